The van der Waals surface area contributed by atoms with Gasteiger partial charge in [-0.3, -0.25) is 13.6 Å². The molecular weight excluding hydrogens is 532 g/mol. The van der Waals surface area contributed by atoms with Crippen LogP contribution in [-0.2, 0) is 0 Å². The van der Waals surface area contributed by atoms with Crippen molar-refractivity contribution in [3.63, 3.8) is 0 Å². The molecule has 0 aromatic carbocycles. The Morgan fingerprint density at radius 3 is 2.24 bits per heavy atom. The van der Waals surface area contributed by atoms with Crippen LogP contribution in [0, 0.1) is 25.7 Å². The second-order valence-electron chi connectivity index (χ2n) is 8.69. The molecule has 7 heteroatoms. The molecule has 0 spiro atoms. The van der Waals surface area contributed by atoms with E-state index < -0.39 is 7.40 Å². The SMILES string of the molecule is CCCCCCCCC/C(=C1/N=C(C)C(I)=C1C)c1c(C)c(C#CCCO)c(C)n1B(F)F. The fourth-order valence-electron chi connectivity index (χ4n) is 4.44. The van der Waals surface area contributed by atoms with Crippen molar-refractivity contribution in [3.05, 3.63) is 37.4 Å². The molecule has 0 atom stereocenters. The largest absolute Gasteiger partial charge is 0.677 e. The first-order valence-electron chi connectivity index (χ1n) is 12.0. The van der Waals surface area contributed by atoms with Gasteiger partial charge in [-0.25, -0.2) is 0 Å². The number of aliphatic hydroxyl groups excluding tert-OH is 1. The first-order chi connectivity index (χ1) is 15.8. The fraction of sp³-hybridized carbons (Fsp3) is 0.577. The summed E-state index contributed by atoms with van der Waals surface area (Å²) in [4.78, 5) is 4.81. The minimum atomic E-state index is -2.66. The summed E-state index contributed by atoms with van der Waals surface area (Å²) in [6.07, 6.45) is 9.22. The Kier molecular flexibility index (Phi) is 11.4. The van der Waals surface area contributed by atoms with Crippen LogP contribution in [0.1, 0.15) is 101 Å². The Morgan fingerprint density at radius 1 is 1.06 bits per heavy atom. The molecule has 33 heavy (non-hydrogen) atoms. The molecule has 2 heterocycles. The van der Waals surface area contributed by atoms with Gasteiger partial charge in [-0.15, -0.1) is 0 Å². The number of aliphatic imine (C=N–C) groups is 1. The van der Waals surface area contributed by atoms with Crippen molar-refractivity contribution >= 4 is 41.3 Å². The van der Waals surface area contributed by atoms with E-state index in [4.69, 9.17) is 10.1 Å². The normalized spacial score (nSPS) is 15.0. The number of nitrogens with zero attached hydrogens (tertiary/aromatic N) is 2. The zero-order valence-corrected chi connectivity index (χ0v) is 22.8. The molecule has 0 bridgehead atoms. The predicted molar refractivity (Wildman–Crippen MR) is 145 cm³/mol. The molecule has 0 unspecified atom stereocenters. The van der Waals surface area contributed by atoms with Crippen LogP contribution in [-0.4, -0.2) is 29.3 Å². The van der Waals surface area contributed by atoms with Gasteiger partial charge in [0.05, 0.1) is 18.0 Å². The minimum absolute atomic E-state index is 0.0442. The lowest BCUT2D eigenvalue weighted by molar-refractivity contribution is 0.305. The standard InChI is InChI=1S/C26H36BF2IN2O/c1-6-7-8-9-10-11-12-16-23(25-19(3)24(30)20(4)31-25)26-18(2)22(15-13-14-17-33)21(5)32(26)27(28)29/h33H,6-12,14,16-17H2,1-5H3/b25-23-. The number of hydrogen-bond donors (Lipinski definition) is 1. The highest BCUT2D eigenvalue weighted by molar-refractivity contribution is 14.1. The van der Waals surface area contributed by atoms with Crippen LogP contribution in [0.3, 0.4) is 0 Å². The monoisotopic (exact) mass is 568 g/mol. The van der Waals surface area contributed by atoms with E-state index in [0.717, 1.165) is 49.0 Å². The van der Waals surface area contributed by atoms with E-state index in [1.54, 1.807) is 6.92 Å². The van der Waals surface area contributed by atoms with Gasteiger partial charge >= 0.3 is 7.40 Å². The predicted octanol–water partition coefficient (Wildman–Crippen LogP) is 7.65. The maximum absolute atomic E-state index is 14.3. The third kappa shape index (κ3) is 6.82. The number of halogens is 3. The lowest BCUT2D eigenvalue weighted by atomic mass is 9.95. The maximum Gasteiger partial charge on any atom is 0.677 e. The maximum atomic E-state index is 14.3. The highest BCUT2D eigenvalue weighted by Crippen LogP contribution is 2.40. The molecule has 1 aliphatic rings. The van der Waals surface area contributed by atoms with Gasteiger partial charge in [-0.1, -0.05) is 57.3 Å². The van der Waals surface area contributed by atoms with E-state index in [9.17, 15) is 8.63 Å². The van der Waals surface area contributed by atoms with Crippen LogP contribution in [0.2, 0.25) is 0 Å². The van der Waals surface area contributed by atoms with Crippen molar-refractivity contribution in [2.75, 3.05) is 6.61 Å². The summed E-state index contributed by atoms with van der Waals surface area (Å²) in [6.45, 7) is 9.76. The summed E-state index contributed by atoms with van der Waals surface area (Å²) >= 11 is 2.29. The van der Waals surface area contributed by atoms with E-state index in [-0.39, 0.29) is 6.61 Å². The van der Waals surface area contributed by atoms with Crippen molar-refractivity contribution in [2.24, 2.45) is 4.99 Å². The number of allylic oxidation sites excluding steroid dienone is 3. The number of rotatable bonds is 11. The van der Waals surface area contributed by atoms with Crippen molar-refractivity contribution in [3.8, 4) is 11.8 Å². The van der Waals surface area contributed by atoms with Crippen molar-refractivity contribution in [2.45, 2.75) is 92.4 Å². The van der Waals surface area contributed by atoms with Crippen molar-refractivity contribution in [1.29, 1.82) is 0 Å². The number of hydrogen-bond acceptors (Lipinski definition) is 2. The average molecular weight is 568 g/mol. The quantitative estimate of drug-likeness (QED) is 0.127. The van der Waals surface area contributed by atoms with E-state index in [0.29, 0.717) is 29.8 Å². The second-order valence-corrected chi connectivity index (χ2v) is 9.77. The molecule has 0 aliphatic carbocycles. The molecule has 2 rings (SSSR count). The molecule has 3 nitrogen and oxygen atoms in total. The van der Waals surface area contributed by atoms with E-state index in [1.807, 2.05) is 20.8 Å². The first-order valence-corrected chi connectivity index (χ1v) is 13.1. The van der Waals surface area contributed by atoms with Crippen LogP contribution < -0.4 is 0 Å². The Bertz CT molecular complexity index is 996. The Balaban J connectivity index is 2.52. The minimum Gasteiger partial charge on any atom is -0.395 e. The third-order valence-corrected chi connectivity index (χ3v) is 7.81. The summed E-state index contributed by atoms with van der Waals surface area (Å²) in [6, 6.07) is 0. The van der Waals surface area contributed by atoms with Gasteiger partial charge < -0.3 is 9.58 Å². The fourth-order valence-corrected chi connectivity index (χ4v) is 4.82. The molecule has 0 radical (unpaired) electrons. The summed E-state index contributed by atoms with van der Waals surface area (Å²) < 4.78 is 30.9. The van der Waals surface area contributed by atoms with Gasteiger partial charge in [0.15, 0.2) is 0 Å². The van der Waals surface area contributed by atoms with Gasteiger partial charge in [0.25, 0.3) is 0 Å². The topological polar surface area (TPSA) is 37.5 Å². The van der Waals surface area contributed by atoms with Crippen LogP contribution in [0.25, 0.3) is 5.57 Å². The lowest BCUT2D eigenvalue weighted by Gasteiger charge is -2.16. The third-order valence-electron chi connectivity index (χ3n) is 6.22. The average Bonchev–Trinajstić information content (AvgIpc) is 3.18. The highest BCUT2D eigenvalue weighted by Gasteiger charge is 2.31. The Hall–Kier alpha value is -1.40. The summed E-state index contributed by atoms with van der Waals surface area (Å²) in [5.74, 6) is 5.94. The molecule has 1 aromatic rings. The zero-order valence-electron chi connectivity index (χ0n) is 20.6. The lowest BCUT2D eigenvalue weighted by Crippen LogP contribution is -2.18. The van der Waals surface area contributed by atoms with Gasteiger partial charge in [0.1, 0.15) is 0 Å². The smallest absolute Gasteiger partial charge is 0.395 e. The van der Waals surface area contributed by atoms with E-state index >= 15 is 0 Å². The van der Waals surface area contributed by atoms with Gasteiger partial charge in [-0.2, -0.15) is 0 Å². The molecule has 1 aliphatic heterocycles. The van der Waals surface area contributed by atoms with Crippen LogP contribution in [0.15, 0.2) is 19.8 Å². The number of aromatic nitrogens is 1. The van der Waals surface area contributed by atoms with Crippen LogP contribution in [0.4, 0.5) is 8.63 Å². The van der Waals surface area contributed by atoms with Crippen LogP contribution in [0.5, 0.6) is 0 Å². The molecule has 0 fully saturated rings. The van der Waals surface area contributed by atoms with Gasteiger partial charge in [0.2, 0.25) is 0 Å². The summed E-state index contributed by atoms with van der Waals surface area (Å²) in [5, 5.41) is 9.07. The van der Waals surface area contributed by atoms with E-state index in [1.165, 1.54) is 32.1 Å². The first kappa shape index (κ1) is 27.8. The molecule has 1 aromatic heterocycles. The molecule has 0 saturated carbocycles. The molecule has 0 saturated heterocycles. The molecule has 1 N–H and O–H groups in total. The molecule has 0 amide bonds. The Morgan fingerprint density at radius 2 is 1.70 bits per heavy atom. The van der Waals surface area contributed by atoms with E-state index in [2.05, 4.69) is 41.4 Å². The number of unbranched alkanes of at least 4 members (excludes halogenated alkanes) is 6. The molecule has 180 valence electrons. The summed E-state index contributed by atoms with van der Waals surface area (Å²) in [5.41, 5.74) is 6.14. The Labute approximate surface area is 212 Å². The molecular formula is C26H36BF2IN2O. The number of aliphatic hydroxyl groups is 1. The van der Waals surface area contributed by atoms with Crippen molar-refractivity contribution in [1.82, 2.24) is 4.48 Å². The summed E-state index contributed by atoms with van der Waals surface area (Å²) in [7, 11) is -2.66. The van der Waals surface area contributed by atoms with Gasteiger partial charge in [-0.05, 0) is 74.3 Å². The van der Waals surface area contributed by atoms with Crippen LogP contribution >= 0.6 is 22.6 Å². The highest BCUT2D eigenvalue weighted by atomic mass is 127. The van der Waals surface area contributed by atoms with Gasteiger partial charge in [0, 0.05) is 32.5 Å². The second kappa shape index (κ2) is 13.5. The zero-order chi connectivity index (χ0) is 24.5. The van der Waals surface area contributed by atoms with Crippen molar-refractivity contribution < 1.29 is 13.7 Å².